The molecule has 0 heterocycles. The third kappa shape index (κ3) is 3.91. The quantitative estimate of drug-likeness (QED) is 0.806. The Morgan fingerprint density at radius 3 is 2.87 bits per heavy atom. The van der Waals surface area contributed by atoms with Crippen molar-refractivity contribution in [2.45, 2.75) is 13.0 Å². The number of benzene rings is 1. The summed E-state index contributed by atoms with van der Waals surface area (Å²) in [4.78, 5) is 0. The zero-order valence-electron chi connectivity index (χ0n) is 8.61. The number of aliphatic hydroxyl groups excluding tert-OH is 2. The molecule has 0 bridgehead atoms. The zero-order valence-corrected chi connectivity index (χ0v) is 10.2. The van der Waals surface area contributed by atoms with Gasteiger partial charge in [-0.25, -0.2) is 0 Å². The van der Waals surface area contributed by atoms with Crippen LogP contribution in [-0.2, 0) is 4.74 Å². The van der Waals surface area contributed by atoms with Crippen LogP contribution in [0.2, 0.25) is 0 Å². The van der Waals surface area contributed by atoms with Gasteiger partial charge < -0.3 is 14.9 Å². The summed E-state index contributed by atoms with van der Waals surface area (Å²) < 4.78 is 6.01. The average molecular weight is 275 g/mol. The van der Waals surface area contributed by atoms with E-state index < -0.39 is 6.10 Å². The maximum Gasteiger partial charge on any atom is 0.103 e. The fraction of sp³-hybridized carbons (Fsp3) is 0.455. The van der Waals surface area contributed by atoms with Gasteiger partial charge in [0.2, 0.25) is 0 Å². The van der Waals surface area contributed by atoms with Gasteiger partial charge >= 0.3 is 0 Å². The molecule has 1 aromatic carbocycles. The zero-order chi connectivity index (χ0) is 11.3. The number of ether oxygens (including phenoxy) is 1. The molecule has 1 unspecified atom stereocenters. The number of halogens is 1. The van der Waals surface area contributed by atoms with Gasteiger partial charge in [0.15, 0.2) is 0 Å². The summed E-state index contributed by atoms with van der Waals surface area (Å²) in [6.45, 7) is 2.38. The Labute approximate surface area is 97.8 Å². The molecule has 1 rings (SSSR count). The second-order valence-corrected chi connectivity index (χ2v) is 4.23. The lowest BCUT2D eigenvalue weighted by Gasteiger charge is -2.14. The van der Waals surface area contributed by atoms with Gasteiger partial charge in [0.1, 0.15) is 6.10 Å². The van der Waals surface area contributed by atoms with Crippen molar-refractivity contribution in [3.8, 4) is 0 Å². The predicted molar refractivity (Wildman–Crippen MR) is 61.7 cm³/mol. The molecule has 0 saturated carbocycles. The molecule has 2 N–H and O–H groups in total. The maximum atomic E-state index is 9.82. The van der Waals surface area contributed by atoms with Crippen LogP contribution in [-0.4, -0.2) is 30.0 Å². The monoisotopic (exact) mass is 274 g/mol. The number of hydrogen-bond donors (Lipinski definition) is 2. The molecule has 0 fully saturated rings. The van der Waals surface area contributed by atoms with Gasteiger partial charge in [0.05, 0.1) is 19.8 Å². The lowest BCUT2D eigenvalue weighted by atomic mass is 10.0. The number of rotatable bonds is 5. The van der Waals surface area contributed by atoms with E-state index in [1.807, 2.05) is 25.1 Å². The van der Waals surface area contributed by atoms with Crippen molar-refractivity contribution in [3.05, 3.63) is 33.8 Å². The minimum absolute atomic E-state index is 0.0236. The average Bonchev–Trinajstić information content (AvgIpc) is 2.22. The molecular formula is C11H15BrO3. The van der Waals surface area contributed by atoms with Crippen molar-refractivity contribution in [3.63, 3.8) is 0 Å². The molecule has 0 radical (unpaired) electrons. The van der Waals surface area contributed by atoms with E-state index in [0.717, 1.165) is 15.6 Å². The van der Waals surface area contributed by atoms with Crippen LogP contribution in [0.15, 0.2) is 22.7 Å². The lowest BCUT2D eigenvalue weighted by Crippen LogP contribution is -2.10. The van der Waals surface area contributed by atoms with Crippen molar-refractivity contribution < 1.29 is 14.9 Å². The van der Waals surface area contributed by atoms with Crippen LogP contribution in [0.25, 0.3) is 0 Å². The number of aryl methyl sites for hydroxylation is 1. The molecule has 4 heteroatoms. The van der Waals surface area contributed by atoms with E-state index in [-0.39, 0.29) is 19.8 Å². The SMILES string of the molecule is Cc1ccc(Br)cc1C(O)COCCO. The first-order valence-corrected chi connectivity index (χ1v) is 5.57. The molecular weight excluding hydrogens is 260 g/mol. The third-order valence-corrected chi connectivity index (χ3v) is 2.60. The molecule has 0 aliphatic carbocycles. The highest BCUT2D eigenvalue weighted by Crippen LogP contribution is 2.22. The van der Waals surface area contributed by atoms with Crippen LogP contribution in [0.3, 0.4) is 0 Å². The first-order valence-electron chi connectivity index (χ1n) is 4.78. The molecule has 0 aliphatic heterocycles. The summed E-state index contributed by atoms with van der Waals surface area (Å²) in [7, 11) is 0. The van der Waals surface area contributed by atoms with Crippen molar-refractivity contribution in [1.82, 2.24) is 0 Å². The molecule has 84 valence electrons. The maximum absolute atomic E-state index is 9.82. The van der Waals surface area contributed by atoms with Gasteiger partial charge in [-0.3, -0.25) is 0 Å². The van der Waals surface area contributed by atoms with Crippen LogP contribution in [0.4, 0.5) is 0 Å². The van der Waals surface area contributed by atoms with Crippen molar-refractivity contribution in [1.29, 1.82) is 0 Å². The van der Waals surface area contributed by atoms with Gasteiger partial charge in [-0.05, 0) is 30.2 Å². The molecule has 15 heavy (non-hydrogen) atoms. The molecule has 0 aliphatic rings. The summed E-state index contributed by atoms with van der Waals surface area (Å²) in [5.41, 5.74) is 1.88. The molecule has 1 aromatic rings. The second kappa shape index (κ2) is 6.23. The second-order valence-electron chi connectivity index (χ2n) is 3.32. The Kier molecular flexibility index (Phi) is 5.25. The Hall–Kier alpha value is -0.420. The Bertz CT molecular complexity index is 315. The lowest BCUT2D eigenvalue weighted by molar-refractivity contribution is 0.0204. The Morgan fingerprint density at radius 2 is 2.20 bits per heavy atom. The van der Waals surface area contributed by atoms with E-state index in [1.54, 1.807) is 0 Å². The van der Waals surface area contributed by atoms with Crippen molar-refractivity contribution in [2.75, 3.05) is 19.8 Å². The molecule has 0 amide bonds. The first kappa shape index (κ1) is 12.6. The fourth-order valence-electron chi connectivity index (χ4n) is 1.32. The molecule has 1 atom stereocenters. The van der Waals surface area contributed by atoms with Crippen LogP contribution in [0.5, 0.6) is 0 Å². The summed E-state index contributed by atoms with van der Waals surface area (Å²) >= 11 is 3.35. The van der Waals surface area contributed by atoms with Crippen LogP contribution >= 0.6 is 15.9 Å². The smallest absolute Gasteiger partial charge is 0.103 e. The Balaban J connectivity index is 2.64. The topological polar surface area (TPSA) is 49.7 Å². The first-order chi connectivity index (χ1) is 7.15. The Morgan fingerprint density at radius 1 is 1.47 bits per heavy atom. The van der Waals surface area contributed by atoms with E-state index in [4.69, 9.17) is 9.84 Å². The van der Waals surface area contributed by atoms with E-state index in [0.29, 0.717) is 0 Å². The molecule has 0 spiro atoms. The normalized spacial score (nSPS) is 12.8. The predicted octanol–water partition coefficient (Wildman–Crippen LogP) is 1.80. The summed E-state index contributed by atoms with van der Waals surface area (Å²) in [6.07, 6.45) is -0.644. The van der Waals surface area contributed by atoms with Gasteiger partial charge in [0.25, 0.3) is 0 Å². The number of hydrogen-bond acceptors (Lipinski definition) is 3. The number of aliphatic hydroxyl groups is 2. The van der Waals surface area contributed by atoms with E-state index in [2.05, 4.69) is 15.9 Å². The van der Waals surface area contributed by atoms with Gasteiger partial charge in [0, 0.05) is 4.47 Å². The minimum Gasteiger partial charge on any atom is -0.394 e. The van der Waals surface area contributed by atoms with Crippen LogP contribution in [0.1, 0.15) is 17.2 Å². The standard InChI is InChI=1S/C11H15BrO3/c1-8-2-3-9(12)6-10(8)11(14)7-15-5-4-13/h2-3,6,11,13-14H,4-5,7H2,1H3. The van der Waals surface area contributed by atoms with Gasteiger partial charge in [-0.2, -0.15) is 0 Å². The van der Waals surface area contributed by atoms with Crippen LogP contribution < -0.4 is 0 Å². The van der Waals surface area contributed by atoms with Gasteiger partial charge in [-0.15, -0.1) is 0 Å². The summed E-state index contributed by atoms with van der Waals surface area (Å²) in [5, 5.41) is 18.4. The highest BCUT2D eigenvalue weighted by atomic mass is 79.9. The van der Waals surface area contributed by atoms with E-state index in [1.165, 1.54) is 0 Å². The van der Waals surface area contributed by atoms with E-state index in [9.17, 15) is 5.11 Å². The van der Waals surface area contributed by atoms with Crippen molar-refractivity contribution >= 4 is 15.9 Å². The molecule has 0 saturated heterocycles. The summed E-state index contributed by atoms with van der Waals surface area (Å²) in [5.74, 6) is 0. The van der Waals surface area contributed by atoms with Crippen molar-refractivity contribution in [2.24, 2.45) is 0 Å². The van der Waals surface area contributed by atoms with Gasteiger partial charge in [-0.1, -0.05) is 22.0 Å². The third-order valence-electron chi connectivity index (χ3n) is 2.11. The molecule has 0 aromatic heterocycles. The summed E-state index contributed by atoms with van der Waals surface area (Å²) in [6, 6.07) is 5.75. The largest absolute Gasteiger partial charge is 0.394 e. The van der Waals surface area contributed by atoms with E-state index >= 15 is 0 Å². The fourth-order valence-corrected chi connectivity index (χ4v) is 1.70. The minimum atomic E-state index is -0.644. The highest BCUT2D eigenvalue weighted by Gasteiger charge is 2.10. The van der Waals surface area contributed by atoms with Crippen LogP contribution in [0, 0.1) is 6.92 Å². The molecule has 3 nitrogen and oxygen atoms in total. The highest BCUT2D eigenvalue weighted by molar-refractivity contribution is 9.10.